The fourth-order valence-electron chi connectivity index (χ4n) is 11.0. The van der Waals surface area contributed by atoms with Crippen molar-refractivity contribution in [2.24, 2.45) is 35.0 Å². The molecule has 0 aliphatic carbocycles. The van der Waals surface area contributed by atoms with Crippen LogP contribution < -0.4 is 86.3 Å². The molecule has 0 saturated carbocycles. The number of nitrogens with one attached hydrogen (secondary N) is 14. The number of aliphatic carboxylic acids is 2. The number of carbonyl (C=O) groups is 15. The topological polar surface area (TPSA) is 587 Å². The zero-order valence-corrected chi connectivity index (χ0v) is 62.0. The van der Waals surface area contributed by atoms with Crippen LogP contribution in [0, 0.1) is 17.8 Å². The molecule has 24 N–H and O–H groups in total. The predicted molar refractivity (Wildman–Crippen MR) is 392 cm³/mol. The molecule has 0 aliphatic rings. The first-order valence-electron chi connectivity index (χ1n) is 36.0. The van der Waals surface area contributed by atoms with E-state index in [2.05, 4.69) is 74.1 Å². The number of nitrogens with two attached hydrogens (primary N) is 3. The van der Waals surface area contributed by atoms with Gasteiger partial charge in [0, 0.05) is 42.8 Å². The van der Waals surface area contributed by atoms with Gasteiger partial charge in [0.2, 0.25) is 76.8 Å². The van der Waals surface area contributed by atoms with Gasteiger partial charge in [0.25, 0.3) is 0 Å². The number of hydrogen-bond acceptors (Lipinski definition) is 20. The summed E-state index contributed by atoms with van der Waals surface area (Å²) in [7, 11) is 0. The number of para-hydroxylation sites is 1. The maximum atomic E-state index is 14.5. The Bertz CT molecular complexity index is 3470. The van der Waals surface area contributed by atoms with E-state index in [1.807, 2.05) is 6.92 Å². The van der Waals surface area contributed by atoms with Gasteiger partial charge in [-0.2, -0.15) is 0 Å². The Kier molecular flexibility index (Phi) is 40.3. The number of aliphatic hydroxyl groups is 2. The highest BCUT2D eigenvalue weighted by Crippen LogP contribution is 2.20. The number of aromatic amines is 1. The number of aliphatic hydroxyl groups excluding tert-OH is 2. The molecule has 36 heteroatoms. The summed E-state index contributed by atoms with van der Waals surface area (Å²) in [5.41, 5.74) is 19.2. The Labute approximate surface area is 621 Å². The Morgan fingerprint density at radius 3 is 1.36 bits per heavy atom. The second-order valence-corrected chi connectivity index (χ2v) is 26.8. The minimum atomic E-state index is -1.87. The van der Waals surface area contributed by atoms with E-state index >= 15 is 0 Å². The number of fused-ring (bicyclic) bond motifs is 1. The van der Waals surface area contributed by atoms with E-state index in [0.717, 1.165) is 19.3 Å². The number of carboxylic acids is 2. The number of benzene rings is 2. The largest absolute Gasteiger partial charge is 0.481 e. The lowest BCUT2D eigenvalue weighted by Crippen LogP contribution is -2.62. The van der Waals surface area contributed by atoms with Gasteiger partial charge in [0.15, 0.2) is 0 Å². The van der Waals surface area contributed by atoms with Gasteiger partial charge in [-0.3, -0.25) is 71.9 Å². The van der Waals surface area contributed by atoms with Crippen molar-refractivity contribution < 1.29 is 92.3 Å². The molecule has 0 spiro atoms. The van der Waals surface area contributed by atoms with Gasteiger partial charge < -0.3 is 112 Å². The number of H-pyrrole nitrogens is 1. The summed E-state index contributed by atoms with van der Waals surface area (Å²) < 4.78 is 0. The molecule has 0 saturated heterocycles. The van der Waals surface area contributed by atoms with Crippen molar-refractivity contribution >= 4 is 99.6 Å². The second-order valence-electron chi connectivity index (χ2n) is 26.8. The molecular formula is C71H111N17O19. The average molecular weight is 1510 g/mol. The number of unbranched alkanes of at least 4 members (excludes halogenated alkanes) is 3. The van der Waals surface area contributed by atoms with Gasteiger partial charge >= 0.3 is 11.9 Å². The lowest BCUT2D eigenvalue weighted by molar-refractivity contribution is -0.142. The van der Waals surface area contributed by atoms with Crippen LogP contribution in [0.25, 0.3) is 10.9 Å². The Hall–Kier alpha value is -10.2. The summed E-state index contributed by atoms with van der Waals surface area (Å²) in [6, 6.07) is -2.92. The van der Waals surface area contributed by atoms with Gasteiger partial charge in [-0.25, -0.2) is 0 Å². The zero-order valence-electron chi connectivity index (χ0n) is 62.0. The first-order valence-corrected chi connectivity index (χ1v) is 36.0. The fraction of sp³-hybridized carbons (Fsp3) is 0.592. The first kappa shape index (κ1) is 91.0. The third-order valence-electron chi connectivity index (χ3n) is 17.6. The number of amides is 13. The molecule has 1 aromatic heterocycles. The average Bonchev–Trinajstić information content (AvgIpc) is 1.72. The Balaban J connectivity index is 1.86. The summed E-state index contributed by atoms with van der Waals surface area (Å²) in [6.45, 7) is 9.65. The van der Waals surface area contributed by atoms with Gasteiger partial charge in [-0.05, 0) is 93.6 Å². The van der Waals surface area contributed by atoms with E-state index < -0.39 is 200 Å². The molecule has 0 unspecified atom stereocenters. The summed E-state index contributed by atoms with van der Waals surface area (Å²) in [6.07, 6.45) is 3.01. The molecule has 0 radical (unpaired) electrons. The van der Waals surface area contributed by atoms with Crippen molar-refractivity contribution in [2.45, 2.75) is 211 Å². The predicted octanol–water partition coefficient (Wildman–Crippen LogP) is -3.78. The number of aromatic nitrogens is 1. The van der Waals surface area contributed by atoms with Crippen molar-refractivity contribution in [3.63, 3.8) is 0 Å². The highest BCUT2D eigenvalue weighted by Gasteiger charge is 2.38. The highest BCUT2D eigenvalue weighted by atomic mass is 16.4. The first-order chi connectivity index (χ1) is 50.8. The summed E-state index contributed by atoms with van der Waals surface area (Å²) in [4.78, 5) is 207. The van der Waals surface area contributed by atoms with Crippen molar-refractivity contribution in [3.05, 3.63) is 71.9 Å². The number of rotatable bonds is 50. The molecule has 0 bridgehead atoms. The summed E-state index contributed by atoms with van der Waals surface area (Å²) in [5, 5.41) is 73.0. The summed E-state index contributed by atoms with van der Waals surface area (Å²) >= 11 is 0. The minimum Gasteiger partial charge on any atom is -0.481 e. The van der Waals surface area contributed by atoms with Crippen LogP contribution >= 0.6 is 0 Å². The van der Waals surface area contributed by atoms with E-state index in [1.165, 1.54) is 6.92 Å². The third-order valence-corrected chi connectivity index (χ3v) is 17.6. The molecular weight excluding hydrogens is 1390 g/mol. The minimum absolute atomic E-state index is 0.0719. The zero-order chi connectivity index (χ0) is 80.0. The van der Waals surface area contributed by atoms with E-state index in [4.69, 9.17) is 17.2 Å². The third kappa shape index (κ3) is 31.1. The lowest BCUT2D eigenvalue weighted by atomic mass is 9.96. The quantitative estimate of drug-likeness (QED) is 0.0241. The van der Waals surface area contributed by atoms with Crippen LogP contribution in [0.1, 0.15) is 137 Å². The van der Waals surface area contributed by atoms with Crippen molar-refractivity contribution in [1.82, 2.24) is 74.1 Å². The van der Waals surface area contributed by atoms with Crippen LogP contribution in [-0.2, 0) is 84.8 Å². The highest BCUT2D eigenvalue weighted by molar-refractivity contribution is 6.00. The van der Waals surface area contributed by atoms with Crippen molar-refractivity contribution in [1.29, 1.82) is 0 Å². The van der Waals surface area contributed by atoms with Crippen LogP contribution in [0.2, 0.25) is 0 Å². The van der Waals surface area contributed by atoms with Crippen LogP contribution in [0.15, 0.2) is 60.8 Å². The maximum Gasteiger partial charge on any atom is 0.325 e. The molecule has 0 aliphatic heterocycles. The number of carbonyl (C=O) groups excluding carboxylic acids is 13. The standard InChI is InChI=1S/C71H111N17O19/c1-9-11-12-16-23-54(91)86-57(38(3)4)68(103)82-47(26-29-72)60(95)76-35-55(92)78-52(36-89)66(101)84-51(33-43-34-75-45-22-18-17-21-44(43)45)65(100)85-53(37-90)67(102)81-48(27-30-73)61(96)80-49(28-31-74)62(97)83-50(32-42-19-14-13-15-20-42)64(99)79-46(24-25-56(93)94)63(98)87-58(39(5)6)69(104)88-59(40(7)10-2)70(105)77-41(8)71(106)107/h13-15,17-22,34,38-41,46-53,57-59,75,89-90H,9-12,16,23-33,35-37,72-74H2,1-8H3,(H,76,95)(H,77,105)(H,78,92)(H,79,99)(H,80,96)(H,81,102)(H,82,103)(H,83,97)(H,84,101)(H,85,100)(H,86,91)(H,87,98)(H,88,104)(H,93,94)(H,106,107)/t40-,41-,46-,47+,48-,49+,50-,51+,52+,53-,57+,58-,59+/m0/s1. The van der Waals surface area contributed by atoms with Crippen LogP contribution in [0.5, 0.6) is 0 Å². The van der Waals surface area contributed by atoms with E-state index in [9.17, 15) is 92.3 Å². The maximum absolute atomic E-state index is 14.5. The molecule has 594 valence electrons. The monoisotopic (exact) mass is 1510 g/mol. The van der Waals surface area contributed by atoms with Gasteiger partial charge in [-0.1, -0.05) is 123 Å². The van der Waals surface area contributed by atoms with Crippen LogP contribution in [-0.4, -0.2) is 226 Å². The number of carboxylic acid groups (broad SMARTS) is 2. The van der Waals surface area contributed by atoms with Crippen molar-refractivity contribution in [2.75, 3.05) is 39.4 Å². The Morgan fingerprint density at radius 1 is 0.421 bits per heavy atom. The molecule has 107 heavy (non-hydrogen) atoms. The van der Waals surface area contributed by atoms with E-state index in [-0.39, 0.29) is 70.0 Å². The molecule has 3 rings (SSSR count). The molecule has 3 aromatic rings. The summed E-state index contributed by atoms with van der Waals surface area (Å²) in [5.74, 6) is -16.3. The van der Waals surface area contributed by atoms with E-state index in [0.29, 0.717) is 34.9 Å². The van der Waals surface area contributed by atoms with Crippen LogP contribution in [0.3, 0.4) is 0 Å². The Morgan fingerprint density at radius 2 is 0.850 bits per heavy atom. The molecule has 36 nitrogen and oxygen atoms in total. The smallest absolute Gasteiger partial charge is 0.325 e. The molecule has 13 amide bonds. The second kappa shape index (κ2) is 47.4. The van der Waals surface area contributed by atoms with Crippen molar-refractivity contribution in [3.8, 4) is 0 Å². The van der Waals surface area contributed by atoms with E-state index in [1.54, 1.807) is 102 Å². The van der Waals surface area contributed by atoms with Gasteiger partial charge in [0.1, 0.15) is 72.5 Å². The molecule has 1 heterocycles. The van der Waals surface area contributed by atoms with Crippen LogP contribution in [0.4, 0.5) is 0 Å². The number of hydrogen-bond donors (Lipinski definition) is 21. The normalized spacial score (nSPS) is 14.9. The lowest BCUT2D eigenvalue weighted by Gasteiger charge is -2.30. The molecule has 0 fully saturated rings. The molecule has 13 atom stereocenters. The van der Waals surface area contributed by atoms with Gasteiger partial charge in [0.05, 0.1) is 19.8 Å². The molecule has 2 aromatic carbocycles. The van der Waals surface area contributed by atoms with Gasteiger partial charge in [-0.15, -0.1) is 0 Å². The fourth-order valence-corrected chi connectivity index (χ4v) is 11.0. The SMILES string of the molecule is CCCCCCC(=O)N[C@@H](C(=O)N[C@H](CCN)C(=O)NCC(=O)N[C@H](CO)C(=O)N[C@H](Cc1c[nH]c2ccccc12)C(=O)N[C@@H](CO)C(=O)N[C@@H](CCN)C(=O)N[C@H](CCN)C(=O)N[C@@H](Cc1ccccc1)C(=O)N[C@@H](CCC(=O)O)C(=O)N[C@H](C(=O)N[C@@H](C(=O)N[C@@H](C)C(=O)O)[C@@H](C)CC)C(C)C)C(C)C.